The zero-order valence-corrected chi connectivity index (χ0v) is 14.1. The molecule has 0 saturated carbocycles. The molecule has 0 aromatic heterocycles. The predicted octanol–water partition coefficient (Wildman–Crippen LogP) is 0.832. The minimum Gasteiger partial charge on any atom is -0.355 e. The van der Waals surface area contributed by atoms with Crippen molar-refractivity contribution in [1.29, 1.82) is 0 Å². The van der Waals surface area contributed by atoms with E-state index >= 15 is 0 Å². The van der Waals surface area contributed by atoms with Crippen LogP contribution in [0, 0.1) is 5.82 Å². The van der Waals surface area contributed by atoms with Gasteiger partial charge in [0.15, 0.2) is 0 Å². The topological polar surface area (TPSA) is 64.7 Å². The van der Waals surface area contributed by atoms with Crippen molar-refractivity contribution in [3.63, 3.8) is 0 Å². The Labute approximate surface area is 142 Å². The summed E-state index contributed by atoms with van der Waals surface area (Å²) in [7, 11) is 0. The maximum Gasteiger partial charge on any atom is 0.317 e. The van der Waals surface area contributed by atoms with Gasteiger partial charge in [-0.3, -0.25) is 9.69 Å². The highest BCUT2D eigenvalue weighted by molar-refractivity contribution is 5.78. The predicted molar refractivity (Wildman–Crippen MR) is 90.2 cm³/mol. The van der Waals surface area contributed by atoms with Crippen molar-refractivity contribution in [3.8, 4) is 0 Å². The van der Waals surface area contributed by atoms with E-state index in [2.05, 4.69) is 10.6 Å². The molecule has 1 fully saturated rings. The second kappa shape index (κ2) is 9.22. The first-order valence-electron chi connectivity index (χ1n) is 8.34. The fraction of sp³-hybridized carbons (Fsp3) is 0.529. The molecule has 1 saturated heterocycles. The van der Waals surface area contributed by atoms with E-state index in [4.69, 9.17) is 0 Å². The zero-order valence-electron chi connectivity index (χ0n) is 14.1. The molecule has 1 aromatic rings. The number of carbonyl (C=O) groups excluding carboxylic acids is 2. The SMILES string of the molecule is CCNC(=O)CN1CCN(C(=O)NCCc2cccc(F)c2)CC1. The normalized spacial score (nSPS) is 15.2. The molecular formula is C17H25FN4O2. The molecule has 0 atom stereocenters. The molecule has 2 rings (SSSR count). The molecular weight excluding hydrogens is 311 g/mol. The molecule has 0 radical (unpaired) electrons. The lowest BCUT2D eigenvalue weighted by Gasteiger charge is -2.34. The van der Waals surface area contributed by atoms with Gasteiger partial charge in [0.05, 0.1) is 6.54 Å². The fourth-order valence-electron chi connectivity index (χ4n) is 2.68. The number of piperazine rings is 1. The Morgan fingerprint density at radius 1 is 1.17 bits per heavy atom. The van der Waals surface area contributed by atoms with Crippen LogP contribution in [-0.2, 0) is 11.2 Å². The molecule has 1 aromatic carbocycles. The Kier molecular flexibility index (Phi) is 6.99. The quantitative estimate of drug-likeness (QED) is 0.809. The Balaban J connectivity index is 1.66. The number of carbonyl (C=O) groups is 2. The molecule has 132 valence electrons. The van der Waals surface area contributed by atoms with Crippen molar-refractivity contribution < 1.29 is 14.0 Å². The molecule has 1 aliphatic rings. The van der Waals surface area contributed by atoms with Gasteiger partial charge in [-0.25, -0.2) is 9.18 Å². The van der Waals surface area contributed by atoms with E-state index in [-0.39, 0.29) is 17.8 Å². The van der Waals surface area contributed by atoms with Crippen molar-refractivity contribution in [1.82, 2.24) is 20.4 Å². The first kappa shape index (κ1) is 18.2. The number of amides is 3. The van der Waals surface area contributed by atoms with Crippen LogP contribution in [0.2, 0.25) is 0 Å². The molecule has 3 amide bonds. The minimum absolute atomic E-state index is 0.0190. The van der Waals surface area contributed by atoms with Crippen LogP contribution in [0.5, 0.6) is 0 Å². The van der Waals surface area contributed by atoms with Crippen LogP contribution in [0.1, 0.15) is 12.5 Å². The summed E-state index contributed by atoms with van der Waals surface area (Å²) in [5, 5.41) is 5.64. The van der Waals surface area contributed by atoms with E-state index in [1.807, 2.05) is 17.9 Å². The van der Waals surface area contributed by atoms with E-state index in [9.17, 15) is 14.0 Å². The molecule has 6 nitrogen and oxygen atoms in total. The highest BCUT2D eigenvalue weighted by atomic mass is 19.1. The summed E-state index contributed by atoms with van der Waals surface area (Å²) >= 11 is 0. The van der Waals surface area contributed by atoms with Gasteiger partial charge in [0.25, 0.3) is 0 Å². The lowest BCUT2D eigenvalue weighted by atomic mass is 10.1. The van der Waals surface area contributed by atoms with Gasteiger partial charge in [-0.1, -0.05) is 12.1 Å². The Bertz CT molecular complexity index is 559. The molecule has 1 heterocycles. The summed E-state index contributed by atoms with van der Waals surface area (Å²) in [6.45, 7) is 5.96. The lowest BCUT2D eigenvalue weighted by Crippen LogP contribution is -2.53. The molecule has 1 aliphatic heterocycles. The molecule has 0 spiro atoms. The molecule has 0 aliphatic carbocycles. The molecule has 0 bridgehead atoms. The highest BCUT2D eigenvalue weighted by Crippen LogP contribution is 2.04. The first-order chi connectivity index (χ1) is 11.6. The number of rotatable bonds is 6. The molecule has 24 heavy (non-hydrogen) atoms. The lowest BCUT2D eigenvalue weighted by molar-refractivity contribution is -0.122. The average Bonchev–Trinajstić information content (AvgIpc) is 2.55. The van der Waals surface area contributed by atoms with Gasteiger partial charge >= 0.3 is 6.03 Å². The van der Waals surface area contributed by atoms with Crippen molar-refractivity contribution in [2.45, 2.75) is 13.3 Å². The van der Waals surface area contributed by atoms with Crippen LogP contribution < -0.4 is 10.6 Å². The van der Waals surface area contributed by atoms with Crippen LogP contribution in [0.25, 0.3) is 0 Å². The van der Waals surface area contributed by atoms with Crippen LogP contribution in [-0.4, -0.2) is 67.6 Å². The van der Waals surface area contributed by atoms with Gasteiger partial charge < -0.3 is 15.5 Å². The molecule has 2 N–H and O–H groups in total. The highest BCUT2D eigenvalue weighted by Gasteiger charge is 2.21. The summed E-state index contributed by atoms with van der Waals surface area (Å²) < 4.78 is 13.1. The molecule has 7 heteroatoms. The summed E-state index contributed by atoms with van der Waals surface area (Å²) in [5.74, 6) is -0.243. The van der Waals surface area contributed by atoms with E-state index in [0.717, 1.165) is 5.56 Å². The van der Waals surface area contributed by atoms with Crippen molar-refractivity contribution >= 4 is 11.9 Å². The summed E-state index contributed by atoms with van der Waals surface area (Å²) in [5.41, 5.74) is 0.863. The van der Waals surface area contributed by atoms with Crippen molar-refractivity contribution in [2.75, 3.05) is 45.8 Å². The number of benzene rings is 1. The van der Waals surface area contributed by atoms with Crippen LogP contribution in [0.3, 0.4) is 0 Å². The number of nitrogens with zero attached hydrogens (tertiary/aromatic N) is 2. The number of likely N-dealkylation sites (N-methyl/N-ethyl adjacent to an activating group) is 1. The van der Waals surface area contributed by atoms with Crippen molar-refractivity contribution in [3.05, 3.63) is 35.6 Å². The van der Waals surface area contributed by atoms with Gasteiger partial charge in [0.2, 0.25) is 5.91 Å². The smallest absolute Gasteiger partial charge is 0.317 e. The Hall–Kier alpha value is -2.15. The largest absolute Gasteiger partial charge is 0.355 e. The first-order valence-corrected chi connectivity index (χ1v) is 8.34. The van der Waals surface area contributed by atoms with E-state index < -0.39 is 0 Å². The second-order valence-corrected chi connectivity index (χ2v) is 5.83. The van der Waals surface area contributed by atoms with E-state index in [1.54, 1.807) is 11.0 Å². The van der Waals surface area contributed by atoms with Crippen LogP contribution >= 0.6 is 0 Å². The fourth-order valence-corrected chi connectivity index (χ4v) is 2.68. The summed E-state index contributed by atoms with van der Waals surface area (Å²) in [4.78, 5) is 27.5. The van der Waals surface area contributed by atoms with E-state index in [0.29, 0.717) is 52.2 Å². The number of urea groups is 1. The number of halogens is 1. The van der Waals surface area contributed by atoms with Crippen LogP contribution in [0.15, 0.2) is 24.3 Å². The maximum absolute atomic E-state index is 13.1. The number of hydrogen-bond acceptors (Lipinski definition) is 3. The Morgan fingerprint density at radius 2 is 1.92 bits per heavy atom. The maximum atomic E-state index is 13.1. The third kappa shape index (κ3) is 5.81. The summed E-state index contributed by atoms with van der Waals surface area (Å²) in [6.07, 6.45) is 0.598. The summed E-state index contributed by atoms with van der Waals surface area (Å²) in [6, 6.07) is 6.29. The minimum atomic E-state index is -0.262. The van der Waals surface area contributed by atoms with E-state index in [1.165, 1.54) is 12.1 Å². The zero-order chi connectivity index (χ0) is 17.4. The van der Waals surface area contributed by atoms with Gasteiger partial charge in [0, 0.05) is 39.3 Å². The standard InChI is InChI=1S/C17H25FN4O2/c1-2-19-16(23)13-21-8-10-22(11-9-21)17(24)20-7-6-14-4-3-5-15(18)12-14/h3-5,12H,2,6-11,13H2,1H3,(H,19,23)(H,20,24). The Morgan fingerprint density at radius 3 is 2.58 bits per heavy atom. The second-order valence-electron chi connectivity index (χ2n) is 5.83. The van der Waals surface area contributed by atoms with Gasteiger partial charge in [-0.15, -0.1) is 0 Å². The number of nitrogens with one attached hydrogen (secondary N) is 2. The monoisotopic (exact) mass is 336 g/mol. The number of hydrogen-bond donors (Lipinski definition) is 2. The third-order valence-electron chi connectivity index (χ3n) is 3.98. The van der Waals surface area contributed by atoms with Gasteiger partial charge in [-0.2, -0.15) is 0 Å². The molecule has 0 unspecified atom stereocenters. The third-order valence-corrected chi connectivity index (χ3v) is 3.98. The average molecular weight is 336 g/mol. The van der Waals surface area contributed by atoms with Crippen LogP contribution in [0.4, 0.5) is 9.18 Å². The van der Waals surface area contributed by atoms with Crippen molar-refractivity contribution in [2.24, 2.45) is 0 Å². The van der Waals surface area contributed by atoms with Gasteiger partial charge in [-0.05, 0) is 31.0 Å². The van der Waals surface area contributed by atoms with Gasteiger partial charge in [0.1, 0.15) is 5.82 Å².